The van der Waals surface area contributed by atoms with E-state index in [-0.39, 0.29) is 34.7 Å². The third-order valence-corrected chi connectivity index (χ3v) is 9.07. The van der Waals surface area contributed by atoms with E-state index in [1.165, 1.54) is 18.2 Å². The van der Waals surface area contributed by atoms with Crippen LogP contribution in [0.5, 0.6) is 0 Å². The standard InChI is InChI=1S/C33H31Cl2F2N7O2/c1-38-31(46)33(39-2)11-4-12-44(17-33)30(45)22-10-8-20(14-24(22)35)42-32-41-16-18-15-40-29(27-25(36)5-3-6-26(27)37)23-13-19(34)7-9-21(23)28(18)43-32/h3,5-10,13-14,16,31,38-39,46H,4,11-12,15,17H2,1-2H3,(H,41,42,43). The van der Waals surface area contributed by atoms with Crippen molar-refractivity contribution in [1.29, 1.82) is 0 Å². The van der Waals surface area contributed by atoms with Crippen molar-refractivity contribution in [3.63, 3.8) is 0 Å². The van der Waals surface area contributed by atoms with Crippen molar-refractivity contribution >= 4 is 46.5 Å². The summed E-state index contributed by atoms with van der Waals surface area (Å²) in [5.41, 5.74) is 2.29. The van der Waals surface area contributed by atoms with Gasteiger partial charge in [-0.15, -0.1) is 0 Å². The number of aliphatic hydroxyl groups excluding tert-OH is 1. The van der Waals surface area contributed by atoms with E-state index in [9.17, 15) is 18.7 Å². The van der Waals surface area contributed by atoms with Crippen LogP contribution in [0.4, 0.5) is 20.4 Å². The number of fused-ring (bicyclic) bond motifs is 3. The molecule has 0 saturated carbocycles. The molecule has 0 radical (unpaired) electrons. The summed E-state index contributed by atoms with van der Waals surface area (Å²) in [4.78, 5) is 28.9. The molecule has 4 N–H and O–H groups in total. The normalized spacial score (nSPS) is 18.2. The molecule has 6 rings (SSSR count). The Morgan fingerprint density at radius 2 is 1.85 bits per heavy atom. The fourth-order valence-corrected chi connectivity index (χ4v) is 6.52. The molecule has 3 heterocycles. The number of amides is 1. The highest BCUT2D eigenvalue weighted by molar-refractivity contribution is 6.34. The molecule has 3 aromatic carbocycles. The van der Waals surface area contributed by atoms with Crippen LogP contribution < -0.4 is 16.0 Å². The summed E-state index contributed by atoms with van der Waals surface area (Å²) < 4.78 is 29.7. The predicted molar refractivity (Wildman–Crippen MR) is 175 cm³/mol. The number of hydrogen-bond donors (Lipinski definition) is 4. The molecule has 4 aromatic rings. The molecule has 2 atom stereocenters. The van der Waals surface area contributed by atoms with Gasteiger partial charge in [0.2, 0.25) is 5.95 Å². The number of halogens is 4. The molecule has 1 aromatic heterocycles. The van der Waals surface area contributed by atoms with Gasteiger partial charge in [0, 0.05) is 46.7 Å². The summed E-state index contributed by atoms with van der Waals surface area (Å²) >= 11 is 13.0. The highest BCUT2D eigenvalue weighted by Gasteiger charge is 2.41. The second-order valence-corrected chi connectivity index (χ2v) is 12.1. The Hall–Kier alpha value is -4.00. The number of hydrogen-bond acceptors (Lipinski definition) is 8. The van der Waals surface area contributed by atoms with E-state index in [0.29, 0.717) is 58.2 Å². The number of likely N-dealkylation sites (tertiary alicyclic amines) is 1. The average Bonchev–Trinajstić information content (AvgIpc) is 3.20. The molecule has 2 aliphatic rings. The van der Waals surface area contributed by atoms with E-state index in [2.05, 4.69) is 25.9 Å². The Labute approximate surface area is 274 Å². The SMILES string of the molecule is CNC(O)C1(NC)CCCN(C(=O)c2ccc(Nc3ncc4c(n3)-c3ccc(Cl)cc3C(c3c(F)cccc3F)=NC4)cc2Cl)C1. The Bertz CT molecular complexity index is 1840. The molecule has 2 aliphatic heterocycles. The summed E-state index contributed by atoms with van der Waals surface area (Å²) in [5.74, 6) is -1.47. The van der Waals surface area contributed by atoms with E-state index in [4.69, 9.17) is 28.2 Å². The minimum absolute atomic E-state index is 0.0876. The van der Waals surface area contributed by atoms with Gasteiger partial charge in [-0.3, -0.25) is 15.1 Å². The van der Waals surface area contributed by atoms with Gasteiger partial charge in [0.05, 0.1) is 39.6 Å². The number of nitrogens with zero attached hydrogens (tertiary/aromatic N) is 4. The average molecular weight is 667 g/mol. The van der Waals surface area contributed by atoms with Gasteiger partial charge in [-0.1, -0.05) is 35.3 Å². The van der Waals surface area contributed by atoms with Crippen LogP contribution in [0, 0.1) is 11.6 Å². The molecule has 1 saturated heterocycles. The maximum absolute atomic E-state index is 14.9. The number of benzene rings is 3. The largest absolute Gasteiger partial charge is 0.377 e. The summed E-state index contributed by atoms with van der Waals surface area (Å²) in [7, 11) is 3.45. The van der Waals surface area contributed by atoms with Crippen molar-refractivity contribution in [3.05, 3.63) is 105 Å². The van der Waals surface area contributed by atoms with Crippen LogP contribution in [0.1, 0.15) is 39.9 Å². The van der Waals surface area contributed by atoms with Crippen LogP contribution in [0.25, 0.3) is 11.3 Å². The van der Waals surface area contributed by atoms with Crippen molar-refractivity contribution in [2.24, 2.45) is 4.99 Å². The Balaban J connectivity index is 1.27. The van der Waals surface area contributed by atoms with Crippen molar-refractivity contribution in [1.82, 2.24) is 25.5 Å². The lowest BCUT2D eigenvalue weighted by Crippen LogP contribution is -2.66. The predicted octanol–water partition coefficient (Wildman–Crippen LogP) is 5.56. The number of anilines is 2. The van der Waals surface area contributed by atoms with Crippen molar-refractivity contribution in [2.75, 3.05) is 32.5 Å². The second kappa shape index (κ2) is 13.0. The second-order valence-electron chi connectivity index (χ2n) is 11.3. The number of carbonyl (C=O) groups excluding carboxylic acids is 1. The third kappa shape index (κ3) is 5.96. The maximum atomic E-state index is 14.9. The number of aromatic nitrogens is 2. The molecule has 0 spiro atoms. The van der Waals surface area contributed by atoms with E-state index in [1.807, 2.05) is 0 Å². The highest BCUT2D eigenvalue weighted by atomic mass is 35.5. The molecular formula is C33H31Cl2F2N7O2. The van der Waals surface area contributed by atoms with Gasteiger partial charge in [-0.2, -0.15) is 0 Å². The zero-order valence-corrected chi connectivity index (χ0v) is 26.6. The number of piperidine rings is 1. The van der Waals surface area contributed by atoms with E-state index in [1.54, 1.807) is 61.6 Å². The maximum Gasteiger partial charge on any atom is 0.255 e. The summed E-state index contributed by atoms with van der Waals surface area (Å²) in [5, 5.41) is 20.4. The van der Waals surface area contributed by atoms with Crippen LogP contribution in [0.15, 0.2) is 65.8 Å². The summed E-state index contributed by atoms with van der Waals surface area (Å²) in [6.45, 7) is 0.940. The van der Waals surface area contributed by atoms with Gasteiger partial charge in [-0.05, 0) is 69.4 Å². The van der Waals surface area contributed by atoms with E-state index in [0.717, 1.165) is 6.42 Å². The quantitative estimate of drug-likeness (QED) is 0.191. The topological polar surface area (TPSA) is 115 Å². The molecule has 2 unspecified atom stereocenters. The minimum atomic E-state index is -0.834. The molecule has 13 heteroatoms. The van der Waals surface area contributed by atoms with Crippen LogP contribution >= 0.6 is 23.2 Å². The molecule has 9 nitrogen and oxygen atoms in total. The molecule has 238 valence electrons. The van der Waals surface area contributed by atoms with Crippen LogP contribution in [0.2, 0.25) is 10.0 Å². The van der Waals surface area contributed by atoms with Crippen molar-refractivity contribution in [3.8, 4) is 11.3 Å². The monoisotopic (exact) mass is 665 g/mol. The summed E-state index contributed by atoms with van der Waals surface area (Å²) in [6, 6.07) is 13.7. The zero-order chi connectivity index (χ0) is 32.6. The third-order valence-electron chi connectivity index (χ3n) is 8.52. The van der Waals surface area contributed by atoms with Crippen molar-refractivity contribution in [2.45, 2.75) is 31.2 Å². The van der Waals surface area contributed by atoms with Gasteiger partial charge in [-0.25, -0.2) is 18.7 Å². The first-order chi connectivity index (χ1) is 22.1. The lowest BCUT2D eigenvalue weighted by atomic mass is 9.86. The first kappa shape index (κ1) is 32.0. The van der Waals surface area contributed by atoms with Gasteiger partial charge >= 0.3 is 0 Å². The lowest BCUT2D eigenvalue weighted by molar-refractivity contribution is -0.00359. The zero-order valence-electron chi connectivity index (χ0n) is 25.0. The summed E-state index contributed by atoms with van der Waals surface area (Å²) in [6.07, 6.45) is 2.20. The lowest BCUT2D eigenvalue weighted by Gasteiger charge is -2.45. The van der Waals surface area contributed by atoms with Gasteiger partial charge < -0.3 is 20.6 Å². The fraction of sp³-hybridized carbons (Fsp3) is 0.273. The first-order valence-electron chi connectivity index (χ1n) is 14.7. The molecule has 0 bridgehead atoms. The van der Waals surface area contributed by atoms with E-state index >= 15 is 0 Å². The molecule has 46 heavy (non-hydrogen) atoms. The van der Waals surface area contributed by atoms with Gasteiger partial charge in [0.25, 0.3) is 5.91 Å². The molecule has 1 amide bonds. The molecule has 0 aliphatic carbocycles. The van der Waals surface area contributed by atoms with Crippen LogP contribution in [-0.4, -0.2) is 70.5 Å². The fourth-order valence-electron chi connectivity index (χ4n) is 6.09. The number of aliphatic imine (C=N–C) groups is 1. The minimum Gasteiger partial charge on any atom is -0.377 e. The van der Waals surface area contributed by atoms with Crippen LogP contribution in [-0.2, 0) is 6.54 Å². The number of aliphatic hydroxyl groups is 1. The number of likely N-dealkylation sites (N-methyl/N-ethyl adjacent to an activating group) is 2. The number of nitrogens with one attached hydrogen (secondary N) is 3. The Morgan fingerprint density at radius 1 is 1.07 bits per heavy atom. The Kier molecular flexibility index (Phi) is 9.04. The first-order valence-corrected chi connectivity index (χ1v) is 15.4. The Morgan fingerprint density at radius 3 is 2.57 bits per heavy atom. The highest BCUT2D eigenvalue weighted by Crippen LogP contribution is 2.35. The van der Waals surface area contributed by atoms with Gasteiger partial charge in [0.15, 0.2) is 0 Å². The number of rotatable bonds is 7. The number of carbonyl (C=O) groups is 1. The smallest absolute Gasteiger partial charge is 0.255 e. The molecule has 1 fully saturated rings. The van der Waals surface area contributed by atoms with Crippen molar-refractivity contribution < 1.29 is 18.7 Å². The van der Waals surface area contributed by atoms with Gasteiger partial charge in [0.1, 0.15) is 17.9 Å². The molecular weight excluding hydrogens is 635 g/mol. The van der Waals surface area contributed by atoms with E-state index < -0.39 is 23.4 Å². The van der Waals surface area contributed by atoms with Crippen LogP contribution in [0.3, 0.4) is 0 Å².